The van der Waals surface area contributed by atoms with Crippen molar-refractivity contribution in [2.24, 2.45) is 0 Å². The monoisotopic (exact) mass is 456 g/mol. The molecule has 0 fully saturated rings. The average molecular weight is 457 g/mol. The minimum Gasteiger partial charge on any atom is -0.361 e. The van der Waals surface area contributed by atoms with E-state index in [9.17, 15) is 9.59 Å². The lowest BCUT2D eigenvalue weighted by molar-refractivity contribution is 0.391. The molecule has 34 heavy (non-hydrogen) atoms. The highest BCUT2D eigenvalue weighted by atomic mass is 16.5. The van der Waals surface area contributed by atoms with Gasteiger partial charge in [-0.2, -0.15) is 5.10 Å². The predicted molar refractivity (Wildman–Crippen MR) is 126 cm³/mol. The van der Waals surface area contributed by atoms with Crippen molar-refractivity contribution in [2.45, 2.75) is 33.5 Å². The highest BCUT2D eigenvalue weighted by Gasteiger charge is 2.19. The fourth-order valence-electron chi connectivity index (χ4n) is 4.00. The molecule has 0 aliphatic heterocycles. The molecule has 0 radical (unpaired) electrons. The van der Waals surface area contributed by atoms with Gasteiger partial charge in [-0.15, -0.1) is 0 Å². The highest BCUT2D eigenvalue weighted by molar-refractivity contribution is 5.27. The summed E-state index contributed by atoms with van der Waals surface area (Å²) in [6.07, 6.45) is 3.22. The van der Waals surface area contributed by atoms with Crippen molar-refractivity contribution in [1.82, 2.24) is 28.9 Å². The molecular weight excluding hydrogens is 432 g/mol. The topological polar surface area (TPSA) is 92.8 Å². The van der Waals surface area contributed by atoms with Crippen LogP contribution < -0.4 is 11.4 Å². The average Bonchev–Trinajstić information content (AvgIpc) is 3.50. The Kier molecular flexibility index (Phi) is 5.59. The number of hydrogen-bond acceptors (Lipinski definition) is 5. The summed E-state index contributed by atoms with van der Waals surface area (Å²) in [5, 5.41) is 8.34. The number of rotatable bonds is 7. The molecule has 0 amide bonds. The van der Waals surface area contributed by atoms with Crippen molar-refractivity contribution in [3.8, 4) is 5.69 Å². The van der Waals surface area contributed by atoms with Crippen molar-refractivity contribution >= 4 is 0 Å². The van der Waals surface area contributed by atoms with Gasteiger partial charge in [-0.05, 0) is 25.0 Å². The Morgan fingerprint density at radius 2 is 1.35 bits per heavy atom. The van der Waals surface area contributed by atoms with Crippen molar-refractivity contribution in [2.75, 3.05) is 0 Å². The standard InChI is InChI=1S/C25H24N6O3/c1-18-23(19(2)34-27-18)17-28-16-22(13-26-28)31-24(32)29(14-20-9-5-3-6-10-20)30(25(31)33)15-21-11-7-4-8-12-21/h3-13,16H,14-15,17H2,1-2H3. The Hall–Kier alpha value is -4.40. The van der Waals surface area contributed by atoms with Crippen LogP contribution in [0.3, 0.4) is 0 Å². The van der Waals surface area contributed by atoms with E-state index in [1.807, 2.05) is 74.5 Å². The van der Waals surface area contributed by atoms with E-state index in [0.29, 0.717) is 18.0 Å². The summed E-state index contributed by atoms with van der Waals surface area (Å²) >= 11 is 0. The number of hydrogen-bond donors (Lipinski definition) is 0. The molecule has 0 N–H and O–H groups in total. The van der Waals surface area contributed by atoms with Crippen LogP contribution in [0.2, 0.25) is 0 Å². The van der Waals surface area contributed by atoms with Crippen molar-refractivity contribution in [3.05, 3.63) is 122 Å². The van der Waals surface area contributed by atoms with Gasteiger partial charge in [0.2, 0.25) is 0 Å². The van der Waals surface area contributed by atoms with Gasteiger partial charge in [-0.3, -0.25) is 4.68 Å². The quantitative estimate of drug-likeness (QED) is 0.376. The molecule has 0 atom stereocenters. The highest BCUT2D eigenvalue weighted by Crippen LogP contribution is 2.14. The molecule has 9 nitrogen and oxygen atoms in total. The molecule has 172 valence electrons. The van der Waals surface area contributed by atoms with Gasteiger partial charge in [0.05, 0.1) is 37.2 Å². The van der Waals surface area contributed by atoms with E-state index in [1.165, 1.54) is 20.1 Å². The van der Waals surface area contributed by atoms with Crippen LogP contribution in [-0.2, 0) is 19.6 Å². The maximum absolute atomic E-state index is 13.5. The Labute approximate surface area is 195 Å². The Balaban J connectivity index is 1.56. The summed E-state index contributed by atoms with van der Waals surface area (Å²) in [7, 11) is 0. The van der Waals surface area contributed by atoms with Crippen molar-refractivity contribution in [3.63, 3.8) is 0 Å². The molecule has 0 aliphatic carbocycles. The molecule has 0 saturated heterocycles. The van der Waals surface area contributed by atoms with E-state index in [2.05, 4.69) is 10.3 Å². The van der Waals surface area contributed by atoms with Gasteiger partial charge >= 0.3 is 11.4 Å². The van der Waals surface area contributed by atoms with Crippen molar-refractivity contribution < 1.29 is 4.52 Å². The minimum atomic E-state index is -0.415. The Morgan fingerprint density at radius 3 is 1.85 bits per heavy atom. The van der Waals surface area contributed by atoms with Gasteiger partial charge in [0.25, 0.3) is 0 Å². The van der Waals surface area contributed by atoms with Crippen LogP contribution in [0, 0.1) is 13.8 Å². The smallest absolute Gasteiger partial charge is 0.352 e. The second-order valence-electron chi connectivity index (χ2n) is 8.19. The van der Waals surface area contributed by atoms with E-state index in [4.69, 9.17) is 4.52 Å². The number of benzene rings is 2. The summed E-state index contributed by atoms with van der Waals surface area (Å²) in [5.41, 5.74) is 3.14. The van der Waals surface area contributed by atoms with Crippen LogP contribution in [-0.4, -0.2) is 28.9 Å². The lowest BCUT2D eigenvalue weighted by Crippen LogP contribution is -2.27. The first-order valence-corrected chi connectivity index (χ1v) is 11.0. The van der Waals surface area contributed by atoms with Crippen molar-refractivity contribution in [1.29, 1.82) is 0 Å². The normalized spacial score (nSPS) is 11.2. The molecule has 3 heterocycles. The van der Waals surface area contributed by atoms with Gasteiger partial charge in [0, 0.05) is 11.8 Å². The first kappa shape index (κ1) is 21.4. The van der Waals surface area contributed by atoms with Gasteiger partial charge in [-0.1, -0.05) is 65.8 Å². The fourth-order valence-corrected chi connectivity index (χ4v) is 4.00. The molecule has 0 spiro atoms. The van der Waals surface area contributed by atoms with Crippen LogP contribution in [0.25, 0.3) is 5.69 Å². The van der Waals surface area contributed by atoms with E-state index >= 15 is 0 Å². The van der Waals surface area contributed by atoms with Gasteiger partial charge in [0.1, 0.15) is 5.76 Å². The van der Waals surface area contributed by atoms with E-state index < -0.39 is 11.4 Å². The van der Waals surface area contributed by atoms with Crippen LogP contribution >= 0.6 is 0 Å². The zero-order valence-electron chi connectivity index (χ0n) is 19.0. The second-order valence-corrected chi connectivity index (χ2v) is 8.19. The summed E-state index contributed by atoms with van der Waals surface area (Å²) in [6.45, 7) is 4.70. The van der Waals surface area contributed by atoms with Gasteiger partial charge in [0.15, 0.2) is 0 Å². The lowest BCUT2D eigenvalue weighted by atomic mass is 10.2. The maximum atomic E-state index is 13.5. The van der Waals surface area contributed by atoms with E-state index in [-0.39, 0.29) is 13.1 Å². The molecule has 0 aliphatic rings. The zero-order valence-corrected chi connectivity index (χ0v) is 19.0. The molecule has 5 aromatic rings. The van der Waals surface area contributed by atoms with Gasteiger partial charge < -0.3 is 4.52 Å². The summed E-state index contributed by atoms with van der Waals surface area (Å²) < 4.78 is 11.0. The van der Waals surface area contributed by atoms with E-state index in [1.54, 1.807) is 10.9 Å². The van der Waals surface area contributed by atoms with Crippen LogP contribution in [0.5, 0.6) is 0 Å². The molecule has 0 bridgehead atoms. The molecular formula is C25H24N6O3. The first-order chi connectivity index (χ1) is 16.5. The van der Waals surface area contributed by atoms with Crippen LogP contribution in [0.4, 0.5) is 0 Å². The third-order valence-corrected chi connectivity index (χ3v) is 5.85. The number of aromatic nitrogens is 6. The molecule has 5 rings (SSSR count). The molecule has 9 heteroatoms. The first-order valence-electron chi connectivity index (χ1n) is 11.0. The summed E-state index contributed by atoms with van der Waals surface area (Å²) in [4.78, 5) is 27.0. The largest absolute Gasteiger partial charge is 0.361 e. The van der Waals surface area contributed by atoms with Crippen LogP contribution in [0.1, 0.15) is 28.1 Å². The minimum absolute atomic E-state index is 0.280. The fraction of sp³-hybridized carbons (Fsp3) is 0.200. The van der Waals surface area contributed by atoms with E-state index in [0.717, 1.165) is 22.4 Å². The summed E-state index contributed by atoms with van der Waals surface area (Å²) in [5.74, 6) is 0.714. The maximum Gasteiger partial charge on any atom is 0.352 e. The van der Waals surface area contributed by atoms with Gasteiger partial charge in [-0.25, -0.2) is 23.5 Å². The number of aryl methyl sites for hydroxylation is 2. The predicted octanol–water partition coefficient (Wildman–Crippen LogP) is 2.75. The molecule has 2 aromatic carbocycles. The Bertz CT molecular complexity index is 1440. The lowest BCUT2D eigenvalue weighted by Gasteiger charge is -2.09. The molecule has 3 aromatic heterocycles. The SMILES string of the molecule is Cc1noc(C)c1Cn1cc(-n2c(=O)n(Cc3ccccc3)n(Cc3ccccc3)c2=O)cn1. The zero-order chi connectivity index (χ0) is 23.7. The molecule has 0 unspecified atom stereocenters. The Morgan fingerprint density at radius 1 is 0.794 bits per heavy atom. The third-order valence-electron chi connectivity index (χ3n) is 5.85. The second kappa shape index (κ2) is 8.86. The third kappa shape index (κ3) is 4.03. The molecule has 0 saturated carbocycles. The summed E-state index contributed by atoms with van der Waals surface area (Å²) in [6, 6.07) is 19.2. The number of nitrogens with zero attached hydrogens (tertiary/aromatic N) is 6. The van der Waals surface area contributed by atoms with Crippen LogP contribution in [0.15, 0.2) is 87.2 Å².